The van der Waals surface area contributed by atoms with E-state index in [-0.39, 0.29) is 24.0 Å². The number of rotatable bonds is 4. The molecule has 2 rings (SSSR count). The molecule has 0 spiro atoms. The summed E-state index contributed by atoms with van der Waals surface area (Å²) in [6.45, 7) is 1.19. The molecule has 0 aromatic rings. The lowest BCUT2D eigenvalue weighted by Crippen LogP contribution is -2.45. The standard InChI is InChI=1S/C12H22N2O3/c15-8-12(3-1-2-4-12)7-14-11(17)10-5-9(16)6-13-10/h9-10,13,15-16H,1-8H2,(H,14,17). The molecule has 0 aromatic carbocycles. The number of nitrogens with one attached hydrogen (secondary N) is 2. The van der Waals surface area contributed by atoms with Crippen LogP contribution < -0.4 is 10.6 Å². The van der Waals surface area contributed by atoms with Crippen molar-refractivity contribution in [2.24, 2.45) is 5.41 Å². The molecule has 1 saturated heterocycles. The monoisotopic (exact) mass is 242 g/mol. The molecule has 0 bridgehead atoms. The molecule has 2 aliphatic rings. The lowest BCUT2D eigenvalue weighted by Gasteiger charge is -2.27. The van der Waals surface area contributed by atoms with Crippen LogP contribution in [0, 0.1) is 5.41 Å². The molecule has 1 aliphatic heterocycles. The third-order valence-electron chi connectivity index (χ3n) is 4.06. The molecular formula is C12H22N2O3. The number of aliphatic hydroxyl groups excluding tert-OH is 2. The van der Waals surface area contributed by atoms with Gasteiger partial charge in [-0.2, -0.15) is 0 Å². The Balaban J connectivity index is 1.79. The number of carbonyl (C=O) groups excluding carboxylic acids is 1. The summed E-state index contributed by atoms with van der Waals surface area (Å²) in [5.41, 5.74) is -0.104. The predicted molar refractivity (Wildman–Crippen MR) is 63.4 cm³/mol. The zero-order valence-electron chi connectivity index (χ0n) is 10.1. The van der Waals surface area contributed by atoms with E-state index >= 15 is 0 Å². The zero-order chi connectivity index (χ0) is 12.3. The van der Waals surface area contributed by atoms with Gasteiger partial charge in [0, 0.05) is 18.5 Å². The van der Waals surface area contributed by atoms with Gasteiger partial charge in [0.25, 0.3) is 0 Å². The van der Waals surface area contributed by atoms with Gasteiger partial charge in [0.15, 0.2) is 0 Å². The minimum Gasteiger partial charge on any atom is -0.396 e. The summed E-state index contributed by atoms with van der Waals surface area (Å²) >= 11 is 0. The topological polar surface area (TPSA) is 81.6 Å². The number of β-amino-alcohol motifs (C(OH)–C–C–N with tert-alkyl or cyclic N) is 1. The van der Waals surface area contributed by atoms with Gasteiger partial charge in [0.1, 0.15) is 0 Å². The minimum atomic E-state index is -0.413. The molecule has 5 nitrogen and oxygen atoms in total. The Morgan fingerprint density at radius 1 is 1.41 bits per heavy atom. The van der Waals surface area contributed by atoms with E-state index in [4.69, 9.17) is 0 Å². The molecule has 1 heterocycles. The fourth-order valence-electron chi connectivity index (χ4n) is 2.83. The van der Waals surface area contributed by atoms with Gasteiger partial charge in [-0.25, -0.2) is 0 Å². The van der Waals surface area contributed by atoms with Crippen molar-refractivity contribution in [1.82, 2.24) is 10.6 Å². The molecule has 0 radical (unpaired) electrons. The Bertz CT molecular complexity index is 277. The molecule has 2 unspecified atom stereocenters. The Morgan fingerprint density at radius 2 is 2.12 bits per heavy atom. The fraction of sp³-hybridized carbons (Fsp3) is 0.917. The van der Waals surface area contributed by atoms with Crippen LogP contribution in [0.5, 0.6) is 0 Å². The summed E-state index contributed by atoms with van der Waals surface area (Å²) in [7, 11) is 0. The van der Waals surface area contributed by atoms with E-state index in [1.807, 2.05) is 0 Å². The SMILES string of the molecule is O=C(NCC1(CO)CCCC1)C1CC(O)CN1. The summed E-state index contributed by atoms with van der Waals surface area (Å²) in [5, 5.41) is 24.7. The first-order valence-electron chi connectivity index (χ1n) is 6.45. The number of amides is 1. The second-order valence-corrected chi connectivity index (χ2v) is 5.43. The first kappa shape index (κ1) is 12.8. The van der Waals surface area contributed by atoms with Crippen molar-refractivity contribution in [3.63, 3.8) is 0 Å². The molecule has 1 saturated carbocycles. The highest BCUT2D eigenvalue weighted by molar-refractivity contribution is 5.82. The largest absolute Gasteiger partial charge is 0.396 e. The first-order chi connectivity index (χ1) is 8.15. The quantitative estimate of drug-likeness (QED) is 0.529. The summed E-state index contributed by atoms with van der Waals surface area (Å²) in [4.78, 5) is 11.8. The van der Waals surface area contributed by atoms with E-state index in [0.717, 1.165) is 25.7 Å². The summed E-state index contributed by atoms with van der Waals surface area (Å²) < 4.78 is 0. The van der Waals surface area contributed by atoms with Crippen LogP contribution in [-0.2, 0) is 4.79 Å². The average molecular weight is 242 g/mol. The molecule has 1 aliphatic carbocycles. The van der Waals surface area contributed by atoms with E-state index in [0.29, 0.717) is 19.5 Å². The van der Waals surface area contributed by atoms with Gasteiger partial charge in [0.05, 0.1) is 18.8 Å². The smallest absolute Gasteiger partial charge is 0.237 e. The molecule has 0 aromatic heterocycles. The molecule has 2 fully saturated rings. The molecule has 1 amide bonds. The van der Waals surface area contributed by atoms with Crippen LogP contribution in [0.2, 0.25) is 0 Å². The number of carbonyl (C=O) groups is 1. The number of hydrogen-bond acceptors (Lipinski definition) is 4. The predicted octanol–water partition coefficient (Wildman–Crippen LogP) is -0.622. The third kappa shape index (κ3) is 2.97. The third-order valence-corrected chi connectivity index (χ3v) is 4.06. The van der Waals surface area contributed by atoms with Gasteiger partial charge in [-0.1, -0.05) is 12.8 Å². The first-order valence-corrected chi connectivity index (χ1v) is 6.45. The average Bonchev–Trinajstić information content (AvgIpc) is 2.95. The number of hydrogen-bond donors (Lipinski definition) is 4. The van der Waals surface area contributed by atoms with E-state index in [9.17, 15) is 15.0 Å². The van der Waals surface area contributed by atoms with Crippen LogP contribution in [0.1, 0.15) is 32.1 Å². The van der Waals surface area contributed by atoms with Crippen molar-refractivity contribution in [1.29, 1.82) is 0 Å². The molecule has 17 heavy (non-hydrogen) atoms. The Labute approximate surface area is 102 Å². The summed E-state index contributed by atoms with van der Waals surface area (Å²) in [6.07, 6.45) is 4.32. The highest BCUT2D eigenvalue weighted by atomic mass is 16.3. The maximum atomic E-state index is 11.8. The van der Waals surface area contributed by atoms with Crippen molar-refractivity contribution in [2.75, 3.05) is 19.7 Å². The normalized spacial score (nSPS) is 31.6. The molecule has 98 valence electrons. The van der Waals surface area contributed by atoms with Gasteiger partial charge in [-0.05, 0) is 19.3 Å². The highest BCUT2D eigenvalue weighted by Gasteiger charge is 2.35. The van der Waals surface area contributed by atoms with Crippen LogP contribution in [0.25, 0.3) is 0 Å². The van der Waals surface area contributed by atoms with Crippen molar-refractivity contribution in [3.8, 4) is 0 Å². The van der Waals surface area contributed by atoms with Crippen molar-refractivity contribution in [2.45, 2.75) is 44.2 Å². The van der Waals surface area contributed by atoms with Crippen LogP contribution in [0.3, 0.4) is 0 Å². The van der Waals surface area contributed by atoms with Crippen molar-refractivity contribution in [3.05, 3.63) is 0 Å². The van der Waals surface area contributed by atoms with E-state index in [1.165, 1.54) is 0 Å². The molecule has 4 N–H and O–H groups in total. The van der Waals surface area contributed by atoms with Gasteiger partial charge < -0.3 is 20.8 Å². The fourth-order valence-corrected chi connectivity index (χ4v) is 2.83. The van der Waals surface area contributed by atoms with Crippen molar-refractivity contribution < 1.29 is 15.0 Å². The lowest BCUT2D eigenvalue weighted by molar-refractivity contribution is -0.123. The van der Waals surface area contributed by atoms with E-state index in [2.05, 4.69) is 10.6 Å². The second kappa shape index (κ2) is 5.33. The summed E-state index contributed by atoms with van der Waals surface area (Å²) in [5.74, 6) is -0.0544. The van der Waals surface area contributed by atoms with Gasteiger partial charge in [-0.3, -0.25) is 4.79 Å². The van der Waals surface area contributed by atoms with Crippen LogP contribution in [0.15, 0.2) is 0 Å². The van der Waals surface area contributed by atoms with Crippen LogP contribution >= 0.6 is 0 Å². The Kier molecular flexibility index (Phi) is 4.01. The Hall–Kier alpha value is -0.650. The maximum Gasteiger partial charge on any atom is 0.237 e. The Morgan fingerprint density at radius 3 is 2.65 bits per heavy atom. The highest BCUT2D eigenvalue weighted by Crippen LogP contribution is 2.36. The van der Waals surface area contributed by atoms with Crippen molar-refractivity contribution >= 4 is 5.91 Å². The van der Waals surface area contributed by atoms with Crippen LogP contribution in [-0.4, -0.2) is 48.0 Å². The minimum absolute atomic E-state index is 0.0544. The van der Waals surface area contributed by atoms with Gasteiger partial charge in [0.2, 0.25) is 5.91 Å². The second-order valence-electron chi connectivity index (χ2n) is 5.43. The molecule has 2 atom stereocenters. The van der Waals surface area contributed by atoms with E-state index in [1.54, 1.807) is 0 Å². The molecule has 5 heteroatoms. The lowest BCUT2D eigenvalue weighted by atomic mass is 9.87. The maximum absolute atomic E-state index is 11.8. The van der Waals surface area contributed by atoms with Crippen LogP contribution in [0.4, 0.5) is 0 Å². The van der Waals surface area contributed by atoms with Gasteiger partial charge >= 0.3 is 0 Å². The summed E-state index contributed by atoms with van der Waals surface area (Å²) in [6, 6.07) is -0.276. The zero-order valence-corrected chi connectivity index (χ0v) is 10.1. The number of aliphatic hydroxyl groups is 2. The van der Waals surface area contributed by atoms with E-state index < -0.39 is 6.10 Å². The molecular weight excluding hydrogens is 220 g/mol. The van der Waals surface area contributed by atoms with Gasteiger partial charge in [-0.15, -0.1) is 0 Å².